The Morgan fingerprint density at radius 1 is 1.15 bits per heavy atom. The second-order valence-corrected chi connectivity index (χ2v) is 5.05. The molecule has 2 unspecified atom stereocenters. The Morgan fingerprint density at radius 2 is 1.80 bits per heavy atom. The van der Waals surface area contributed by atoms with Gasteiger partial charge in [-0.25, -0.2) is 0 Å². The van der Waals surface area contributed by atoms with E-state index in [1.807, 2.05) is 0 Å². The van der Waals surface area contributed by atoms with Crippen molar-refractivity contribution in [3.8, 4) is 0 Å². The second-order valence-electron chi connectivity index (χ2n) is 5.05. The summed E-state index contributed by atoms with van der Waals surface area (Å²) in [5.74, 6) is -2.23. The number of rotatable bonds is 5. The summed E-state index contributed by atoms with van der Waals surface area (Å²) >= 11 is 0. The molecular weight excluding hydrogens is 264 g/mol. The first kappa shape index (κ1) is 15.3. The largest absolute Gasteiger partial charge is 0.466 e. The Labute approximate surface area is 118 Å². The molecule has 1 heterocycles. The maximum Gasteiger partial charge on any atom is 0.314 e. The number of ether oxygens (including phenoxy) is 4. The van der Waals surface area contributed by atoms with Gasteiger partial charge < -0.3 is 18.9 Å². The number of hydrogen-bond acceptors (Lipinski definition) is 6. The van der Waals surface area contributed by atoms with Gasteiger partial charge in [-0.15, -0.1) is 0 Å². The molecule has 0 N–H and O–H groups in total. The minimum atomic E-state index is -0.899. The van der Waals surface area contributed by atoms with Crippen molar-refractivity contribution >= 4 is 11.9 Å². The van der Waals surface area contributed by atoms with Crippen LogP contribution in [-0.2, 0) is 28.5 Å². The maximum atomic E-state index is 12.2. The number of carbonyl (C=O) groups is 2. The van der Waals surface area contributed by atoms with Crippen LogP contribution < -0.4 is 0 Å². The highest BCUT2D eigenvalue weighted by molar-refractivity contribution is 5.77. The Bertz CT molecular complexity index is 361. The fourth-order valence-electron chi connectivity index (χ4n) is 3.12. The zero-order valence-corrected chi connectivity index (χ0v) is 12.1. The van der Waals surface area contributed by atoms with Crippen LogP contribution >= 0.6 is 0 Å². The predicted octanol–water partition coefficient (Wildman–Crippen LogP) is 1.27. The molecule has 2 rings (SSSR count). The maximum absolute atomic E-state index is 12.2. The number of hydrogen-bond donors (Lipinski definition) is 0. The van der Waals surface area contributed by atoms with E-state index in [1.165, 1.54) is 0 Å². The van der Waals surface area contributed by atoms with Crippen molar-refractivity contribution in [1.29, 1.82) is 0 Å². The van der Waals surface area contributed by atoms with Gasteiger partial charge in [-0.3, -0.25) is 9.59 Å². The van der Waals surface area contributed by atoms with Crippen LogP contribution in [0.2, 0.25) is 0 Å². The van der Waals surface area contributed by atoms with Crippen LogP contribution in [-0.4, -0.2) is 44.2 Å². The van der Waals surface area contributed by atoms with Crippen molar-refractivity contribution in [3.63, 3.8) is 0 Å². The average molecular weight is 286 g/mol. The average Bonchev–Trinajstić information content (AvgIpc) is 2.99. The molecule has 6 heteroatoms. The lowest BCUT2D eigenvalue weighted by atomic mass is 9.90. The second kappa shape index (κ2) is 6.54. The van der Waals surface area contributed by atoms with Crippen LogP contribution in [0.4, 0.5) is 0 Å². The molecule has 2 atom stereocenters. The summed E-state index contributed by atoms with van der Waals surface area (Å²) in [4.78, 5) is 23.9. The highest BCUT2D eigenvalue weighted by Crippen LogP contribution is 2.47. The first-order valence-corrected chi connectivity index (χ1v) is 7.23. The minimum Gasteiger partial charge on any atom is -0.466 e. The predicted molar refractivity (Wildman–Crippen MR) is 68.7 cm³/mol. The van der Waals surface area contributed by atoms with E-state index in [2.05, 4.69) is 0 Å². The fraction of sp³-hybridized carbons (Fsp3) is 0.857. The van der Waals surface area contributed by atoms with E-state index in [0.29, 0.717) is 39.3 Å². The van der Waals surface area contributed by atoms with E-state index < -0.39 is 11.7 Å². The van der Waals surface area contributed by atoms with Crippen molar-refractivity contribution in [2.75, 3.05) is 26.4 Å². The van der Waals surface area contributed by atoms with Crippen LogP contribution in [0.5, 0.6) is 0 Å². The first-order chi connectivity index (χ1) is 9.63. The van der Waals surface area contributed by atoms with Gasteiger partial charge >= 0.3 is 11.9 Å². The summed E-state index contributed by atoms with van der Waals surface area (Å²) in [7, 11) is 0. The Morgan fingerprint density at radius 3 is 2.40 bits per heavy atom. The molecule has 2 aliphatic rings. The fourth-order valence-corrected chi connectivity index (χ4v) is 3.12. The molecule has 1 saturated carbocycles. The lowest BCUT2D eigenvalue weighted by Gasteiger charge is -2.30. The molecule has 0 bridgehead atoms. The normalized spacial score (nSPS) is 27.7. The lowest BCUT2D eigenvalue weighted by Crippen LogP contribution is -2.43. The van der Waals surface area contributed by atoms with Crippen LogP contribution in [0.1, 0.15) is 33.1 Å². The van der Waals surface area contributed by atoms with Gasteiger partial charge in [0, 0.05) is 12.8 Å². The van der Waals surface area contributed by atoms with E-state index in [9.17, 15) is 9.59 Å². The van der Waals surface area contributed by atoms with Crippen LogP contribution in [0.25, 0.3) is 0 Å². The van der Waals surface area contributed by atoms with E-state index in [0.717, 1.165) is 0 Å². The molecule has 0 aromatic heterocycles. The van der Waals surface area contributed by atoms with Crippen molar-refractivity contribution in [2.45, 2.75) is 38.9 Å². The third kappa shape index (κ3) is 2.96. The molecule has 0 aromatic carbocycles. The minimum absolute atomic E-state index is 0.147. The molecule has 2 fully saturated rings. The summed E-state index contributed by atoms with van der Waals surface area (Å²) in [6.07, 6.45) is 1.51. The Balaban J connectivity index is 2.10. The number of esters is 2. The van der Waals surface area contributed by atoms with Crippen LogP contribution in [0, 0.1) is 11.8 Å². The molecule has 0 amide bonds. The number of carbonyl (C=O) groups excluding carboxylic acids is 2. The molecule has 6 nitrogen and oxygen atoms in total. The van der Waals surface area contributed by atoms with Crippen molar-refractivity contribution < 1.29 is 28.5 Å². The first-order valence-electron chi connectivity index (χ1n) is 7.23. The summed E-state index contributed by atoms with van der Waals surface area (Å²) in [6.45, 7) is 5.12. The van der Waals surface area contributed by atoms with Gasteiger partial charge in [0.1, 0.15) is 5.92 Å². The quantitative estimate of drug-likeness (QED) is 0.709. The molecule has 1 aliphatic carbocycles. The van der Waals surface area contributed by atoms with Crippen molar-refractivity contribution in [1.82, 2.24) is 0 Å². The smallest absolute Gasteiger partial charge is 0.314 e. The van der Waals surface area contributed by atoms with Crippen molar-refractivity contribution in [3.05, 3.63) is 0 Å². The highest BCUT2D eigenvalue weighted by atomic mass is 16.7. The van der Waals surface area contributed by atoms with E-state index in [1.54, 1.807) is 13.8 Å². The third-order valence-electron chi connectivity index (χ3n) is 3.86. The molecule has 1 saturated heterocycles. The molecular formula is C14H22O6. The van der Waals surface area contributed by atoms with E-state index in [4.69, 9.17) is 18.9 Å². The van der Waals surface area contributed by atoms with Crippen LogP contribution in [0.15, 0.2) is 0 Å². The van der Waals surface area contributed by atoms with Gasteiger partial charge in [0.05, 0.1) is 26.4 Å². The van der Waals surface area contributed by atoms with Gasteiger partial charge in [-0.2, -0.15) is 0 Å². The molecule has 1 spiro atoms. The Hall–Kier alpha value is -1.14. The summed E-state index contributed by atoms with van der Waals surface area (Å²) in [6, 6.07) is 0. The van der Waals surface area contributed by atoms with E-state index in [-0.39, 0.29) is 24.3 Å². The van der Waals surface area contributed by atoms with Crippen LogP contribution in [0.3, 0.4) is 0 Å². The van der Waals surface area contributed by atoms with Gasteiger partial charge in [-0.1, -0.05) is 0 Å². The summed E-state index contributed by atoms with van der Waals surface area (Å²) in [5.41, 5.74) is 0. The summed E-state index contributed by atoms with van der Waals surface area (Å²) < 4.78 is 21.5. The van der Waals surface area contributed by atoms with E-state index >= 15 is 0 Å². The Kier molecular flexibility index (Phi) is 4.99. The van der Waals surface area contributed by atoms with Gasteiger partial charge in [0.15, 0.2) is 5.79 Å². The molecule has 20 heavy (non-hydrogen) atoms. The zero-order chi connectivity index (χ0) is 14.6. The highest BCUT2D eigenvalue weighted by Gasteiger charge is 2.57. The SMILES string of the molecule is CCOC(=O)CC1CCC2(OCCO2)C1C(=O)OCC. The molecule has 114 valence electrons. The monoisotopic (exact) mass is 286 g/mol. The van der Waals surface area contributed by atoms with Gasteiger partial charge in [-0.05, 0) is 26.2 Å². The summed E-state index contributed by atoms with van der Waals surface area (Å²) in [5, 5.41) is 0. The molecule has 0 radical (unpaired) electrons. The van der Waals surface area contributed by atoms with Gasteiger partial charge in [0.25, 0.3) is 0 Å². The topological polar surface area (TPSA) is 71.1 Å². The molecule has 1 aliphatic heterocycles. The zero-order valence-electron chi connectivity index (χ0n) is 12.1. The third-order valence-corrected chi connectivity index (χ3v) is 3.86. The standard InChI is InChI=1S/C14H22O6/c1-3-17-11(15)9-10-5-6-14(19-7-8-20-14)12(10)13(16)18-4-2/h10,12H,3-9H2,1-2H3. The van der Waals surface area contributed by atoms with Crippen molar-refractivity contribution in [2.24, 2.45) is 11.8 Å². The molecule has 0 aromatic rings. The van der Waals surface area contributed by atoms with Gasteiger partial charge in [0.2, 0.25) is 0 Å². The lowest BCUT2D eigenvalue weighted by molar-refractivity contribution is -0.203.